The van der Waals surface area contributed by atoms with E-state index in [0.29, 0.717) is 11.1 Å². The van der Waals surface area contributed by atoms with Gasteiger partial charge in [-0.25, -0.2) is 9.18 Å². The molecule has 0 aliphatic rings. The molecule has 36 heavy (non-hydrogen) atoms. The second kappa shape index (κ2) is 9.33. The number of nitrogens with one attached hydrogen (secondary N) is 2. The van der Waals surface area contributed by atoms with Gasteiger partial charge in [0, 0.05) is 30.6 Å². The molecule has 0 saturated carbocycles. The SMILES string of the molecule is CNc1ccc2cc(-c3c(F)c(-n4ccc(=O)[nH]c4=O)cc(C(C)(C)C(=O)OC)c3OC)ccc2c1. The molecule has 3 aromatic carbocycles. The Morgan fingerprint density at radius 1 is 1.03 bits per heavy atom. The molecule has 0 atom stereocenters. The van der Waals surface area contributed by atoms with Crippen molar-refractivity contribution >= 4 is 22.4 Å². The molecule has 0 spiro atoms. The highest BCUT2D eigenvalue weighted by Crippen LogP contribution is 2.44. The van der Waals surface area contributed by atoms with Gasteiger partial charge in [0.05, 0.1) is 30.9 Å². The minimum absolute atomic E-state index is 0.0691. The number of halogens is 1. The first kappa shape index (κ1) is 24.7. The average molecular weight is 492 g/mol. The standard InChI is InChI=1S/C27H26FN3O5/c1-27(2,25(33)36-5)19-14-20(31-11-10-21(32)30-26(31)34)23(28)22(24(19)35-4)17-7-6-16-13-18(29-3)9-8-15(16)12-17/h6-14,29H,1-5H3,(H,30,32,34). The Hall–Kier alpha value is -4.40. The number of anilines is 1. The number of carbonyl (C=O) groups excluding carboxylic acids is 1. The van der Waals surface area contributed by atoms with Gasteiger partial charge >= 0.3 is 11.7 Å². The van der Waals surface area contributed by atoms with Crippen molar-refractivity contribution in [1.82, 2.24) is 9.55 Å². The first-order valence-electron chi connectivity index (χ1n) is 11.2. The summed E-state index contributed by atoms with van der Waals surface area (Å²) in [5.41, 5.74) is -1.05. The van der Waals surface area contributed by atoms with Crippen molar-refractivity contribution in [2.45, 2.75) is 19.3 Å². The molecule has 0 amide bonds. The molecule has 0 unspecified atom stereocenters. The lowest BCUT2D eigenvalue weighted by Crippen LogP contribution is -2.32. The lowest BCUT2D eigenvalue weighted by Gasteiger charge is -2.27. The average Bonchev–Trinajstić information content (AvgIpc) is 2.87. The fourth-order valence-electron chi connectivity index (χ4n) is 4.27. The molecule has 1 heterocycles. The first-order valence-corrected chi connectivity index (χ1v) is 11.2. The van der Waals surface area contributed by atoms with Crippen molar-refractivity contribution in [3.8, 4) is 22.6 Å². The zero-order valence-electron chi connectivity index (χ0n) is 20.6. The van der Waals surface area contributed by atoms with Crippen LogP contribution >= 0.6 is 0 Å². The molecule has 2 N–H and O–H groups in total. The predicted molar refractivity (Wildman–Crippen MR) is 137 cm³/mol. The molecule has 8 nitrogen and oxygen atoms in total. The van der Waals surface area contributed by atoms with Gasteiger partial charge in [-0.1, -0.05) is 18.2 Å². The number of hydrogen-bond acceptors (Lipinski definition) is 6. The van der Waals surface area contributed by atoms with Crippen LogP contribution in [0.5, 0.6) is 5.75 Å². The van der Waals surface area contributed by atoms with Crippen LogP contribution in [0.2, 0.25) is 0 Å². The quantitative estimate of drug-likeness (QED) is 0.396. The van der Waals surface area contributed by atoms with E-state index in [2.05, 4.69) is 10.3 Å². The third-order valence-electron chi connectivity index (χ3n) is 6.27. The van der Waals surface area contributed by atoms with Crippen LogP contribution in [0, 0.1) is 5.82 Å². The number of carbonyl (C=O) groups is 1. The third kappa shape index (κ3) is 4.13. The largest absolute Gasteiger partial charge is 0.496 e. The summed E-state index contributed by atoms with van der Waals surface area (Å²) in [4.78, 5) is 39.1. The lowest BCUT2D eigenvalue weighted by molar-refractivity contribution is -0.146. The summed E-state index contributed by atoms with van der Waals surface area (Å²) in [7, 11) is 4.48. The van der Waals surface area contributed by atoms with E-state index in [1.807, 2.05) is 37.4 Å². The highest BCUT2D eigenvalue weighted by molar-refractivity contribution is 5.92. The van der Waals surface area contributed by atoms with E-state index >= 15 is 4.39 Å². The highest BCUT2D eigenvalue weighted by atomic mass is 19.1. The van der Waals surface area contributed by atoms with E-state index in [-0.39, 0.29) is 17.0 Å². The fourth-order valence-corrected chi connectivity index (χ4v) is 4.27. The summed E-state index contributed by atoms with van der Waals surface area (Å²) in [5.74, 6) is -1.19. The summed E-state index contributed by atoms with van der Waals surface area (Å²) in [6.07, 6.45) is 1.18. The normalized spacial score (nSPS) is 11.4. The van der Waals surface area contributed by atoms with E-state index < -0.39 is 28.5 Å². The second-order valence-electron chi connectivity index (χ2n) is 8.79. The van der Waals surface area contributed by atoms with Crippen LogP contribution in [0.1, 0.15) is 19.4 Å². The number of ether oxygens (including phenoxy) is 2. The van der Waals surface area contributed by atoms with Gasteiger partial charge in [0.2, 0.25) is 0 Å². The summed E-state index contributed by atoms with van der Waals surface area (Å²) in [6, 6.07) is 13.7. The first-order chi connectivity index (χ1) is 17.1. The molecular formula is C27H26FN3O5. The summed E-state index contributed by atoms with van der Waals surface area (Å²) in [6.45, 7) is 3.24. The smallest absolute Gasteiger partial charge is 0.333 e. The molecular weight excluding hydrogens is 465 g/mol. The van der Waals surface area contributed by atoms with E-state index in [4.69, 9.17) is 9.47 Å². The highest BCUT2D eigenvalue weighted by Gasteiger charge is 2.37. The maximum atomic E-state index is 16.3. The molecule has 0 aliphatic heterocycles. The zero-order chi connectivity index (χ0) is 26.2. The summed E-state index contributed by atoms with van der Waals surface area (Å²) in [5, 5.41) is 4.88. The number of hydrogen-bond donors (Lipinski definition) is 2. The fraction of sp³-hybridized carbons (Fsp3) is 0.222. The van der Waals surface area contributed by atoms with Crippen LogP contribution in [-0.2, 0) is 14.9 Å². The van der Waals surface area contributed by atoms with Crippen LogP contribution in [0.3, 0.4) is 0 Å². The predicted octanol–water partition coefficient (Wildman–Crippen LogP) is 3.99. The van der Waals surface area contributed by atoms with Crippen LogP contribution < -0.4 is 21.3 Å². The Balaban J connectivity index is 2.10. The molecule has 0 saturated heterocycles. The molecule has 0 bridgehead atoms. The van der Waals surface area contributed by atoms with Crippen molar-refractivity contribution in [2.75, 3.05) is 26.6 Å². The van der Waals surface area contributed by atoms with Gasteiger partial charge in [-0.2, -0.15) is 0 Å². The Morgan fingerprint density at radius 3 is 2.36 bits per heavy atom. The Morgan fingerprint density at radius 2 is 1.72 bits per heavy atom. The number of benzene rings is 3. The second-order valence-corrected chi connectivity index (χ2v) is 8.79. The number of nitrogens with zero attached hydrogens (tertiary/aromatic N) is 1. The van der Waals surface area contributed by atoms with E-state index in [1.54, 1.807) is 19.9 Å². The molecule has 0 fully saturated rings. The van der Waals surface area contributed by atoms with Crippen molar-refractivity contribution in [3.63, 3.8) is 0 Å². The Bertz CT molecular complexity index is 1600. The Kier molecular flexibility index (Phi) is 6.41. The van der Waals surface area contributed by atoms with E-state index in [0.717, 1.165) is 27.1 Å². The monoisotopic (exact) mass is 491 g/mol. The molecule has 1 aromatic heterocycles. The third-order valence-corrected chi connectivity index (χ3v) is 6.27. The summed E-state index contributed by atoms with van der Waals surface area (Å²) >= 11 is 0. The minimum atomic E-state index is -1.26. The summed E-state index contributed by atoms with van der Waals surface area (Å²) < 4.78 is 27.9. The number of fused-ring (bicyclic) bond motifs is 1. The van der Waals surface area contributed by atoms with Crippen LogP contribution in [0.15, 0.2) is 64.3 Å². The molecule has 4 aromatic rings. The maximum absolute atomic E-state index is 16.3. The molecule has 9 heteroatoms. The number of methoxy groups -OCH3 is 2. The van der Waals surface area contributed by atoms with Crippen LogP contribution in [0.25, 0.3) is 27.6 Å². The minimum Gasteiger partial charge on any atom is -0.496 e. The van der Waals surface area contributed by atoms with Gasteiger partial charge in [0.25, 0.3) is 5.56 Å². The van der Waals surface area contributed by atoms with Gasteiger partial charge < -0.3 is 14.8 Å². The van der Waals surface area contributed by atoms with Crippen LogP contribution in [0.4, 0.5) is 10.1 Å². The van der Waals surface area contributed by atoms with Crippen LogP contribution in [-0.4, -0.2) is 36.8 Å². The number of aromatic nitrogens is 2. The molecule has 0 aliphatic carbocycles. The molecule has 186 valence electrons. The number of H-pyrrole nitrogens is 1. The van der Waals surface area contributed by atoms with E-state index in [1.165, 1.54) is 26.5 Å². The zero-order valence-corrected chi connectivity index (χ0v) is 20.6. The van der Waals surface area contributed by atoms with Crippen molar-refractivity contribution < 1.29 is 18.7 Å². The van der Waals surface area contributed by atoms with Gasteiger partial charge in [-0.15, -0.1) is 0 Å². The molecule has 4 rings (SSSR count). The lowest BCUT2D eigenvalue weighted by atomic mass is 9.81. The van der Waals surface area contributed by atoms with Crippen molar-refractivity contribution in [1.29, 1.82) is 0 Å². The van der Waals surface area contributed by atoms with Gasteiger partial charge in [0.1, 0.15) is 5.75 Å². The molecule has 0 radical (unpaired) electrons. The van der Waals surface area contributed by atoms with Gasteiger partial charge in [0.15, 0.2) is 5.82 Å². The van der Waals surface area contributed by atoms with Crippen molar-refractivity contribution in [2.24, 2.45) is 0 Å². The number of esters is 1. The number of rotatable bonds is 6. The van der Waals surface area contributed by atoms with Gasteiger partial charge in [-0.05, 0) is 54.4 Å². The van der Waals surface area contributed by atoms with Gasteiger partial charge in [-0.3, -0.25) is 19.1 Å². The van der Waals surface area contributed by atoms with E-state index in [9.17, 15) is 14.4 Å². The Labute approximate surface area is 206 Å². The topological polar surface area (TPSA) is 102 Å². The van der Waals surface area contributed by atoms with Crippen molar-refractivity contribution in [3.05, 3.63) is 86.9 Å². The maximum Gasteiger partial charge on any atom is 0.333 e. The number of aromatic amines is 1.